The van der Waals surface area contributed by atoms with Crippen LogP contribution in [0.15, 0.2) is 0 Å². The van der Waals surface area contributed by atoms with E-state index in [1.54, 1.807) is 20.8 Å². The summed E-state index contributed by atoms with van der Waals surface area (Å²) in [6.07, 6.45) is -0.408. The standard InChI is InChI=1S/C8H15NO4.ClH/c1-8(2,3)13-7(12)5(9)4-6(10)11;/h5H,4,9H2,1-3H3,(H,10,11);1H/t5-;/m0./s1. The van der Waals surface area contributed by atoms with E-state index in [0.29, 0.717) is 0 Å². The number of carbonyl (C=O) groups excluding carboxylic acids is 1. The molecule has 0 heterocycles. The molecule has 0 aromatic heterocycles. The van der Waals surface area contributed by atoms with Gasteiger partial charge in [-0.2, -0.15) is 0 Å². The molecule has 84 valence electrons. The van der Waals surface area contributed by atoms with Gasteiger partial charge >= 0.3 is 11.9 Å². The zero-order chi connectivity index (χ0) is 10.6. The van der Waals surface area contributed by atoms with Gasteiger partial charge in [-0.3, -0.25) is 9.59 Å². The quantitative estimate of drug-likeness (QED) is 0.685. The average molecular weight is 226 g/mol. The van der Waals surface area contributed by atoms with Crippen LogP contribution in [-0.2, 0) is 14.3 Å². The summed E-state index contributed by atoms with van der Waals surface area (Å²) in [6.45, 7) is 5.08. The van der Waals surface area contributed by atoms with Crippen LogP contribution in [0, 0.1) is 0 Å². The third-order valence-electron chi connectivity index (χ3n) is 1.10. The molecule has 0 amide bonds. The molecule has 6 heteroatoms. The molecule has 5 nitrogen and oxygen atoms in total. The van der Waals surface area contributed by atoms with Gasteiger partial charge < -0.3 is 15.6 Å². The number of rotatable bonds is 3. The van der Waals surface area contributed by atoms with Gasteiger partial charge in [-0.25, -0.2) is 0 Å². The van der Waals surface area contributed by atoms with Crippen LogP contribution in [0.5, 0.6) is 0 Å². The van der Waals surface area contributed by atoms with Gasteiger partial charge in [0.25, 0.3) is 0 Å². The zero-order valence-electron chi connectivity index (χ0n) is 8.44. The predicted molar refractivity (Wildman–Crippen MR) is 53.3 cm³/mol. The molecule has 0 aliphatic rings. The molecule has 0 aromatic rings. The van der Waals surface area contributed by atoms with Gasteiger partial charge in [0.2, 0.25) is 0 Å². The number of esters is 1. The highest BCUT2D eigenvalue weighted by molar-refractivity contribution is 5.85. The first-order chi connectivity index (χ1) is 5.72. The molecular formula is C8H16ClNO4. The summed E-state index contributed by atoms with van der Waals surface area (Å²) >= 11 is 0. The highest BCUT2D eigenvalue weighted by Crippen LogP contribution is 2.08. The summed E-state index contributed by atoms with van der Waals surface area (Å²) in [5, 5.41) is 8.34. The maximum Gasteiger partial charge on any atom is 0.324 e. The highest BCUT2D eigenvalue weighted by Gasteiger charge is 2.23. The minimum absolute atomic E-state index is 0. The van der Waals surface area contributed by atoms with E-state index in [9.17, 15) is 9.59 Å². The van der Waals surface area contributed by atoms with E-state index < -0.39 is 30.0 Å². The zero-order valence-corrected chi connectivity index (χ0v) is 9.26. The van der Waals surface area contributed by atoms with Crippen molar-refractivity contribution in [2.75, 3.05) is 0 Å². The van der Waals surface area contributed by atoms with E-state index in [0.717, 1.165) is 0 Å². The highest BCUT2D eigenvalue weighted by atomic mass is 35.5. The molecule has 3 N–H and O–H groups in total. The molecule has 0 rings (SSSR count). The lowest BCUT2D eigenvalue weighted by atomic mass is 10.1. The summed E-state index contributed by atoms with van der Waals surface area (Å²) in [5.41, 5.74) is 4.64. The van der Waals surface area contributed by atoms with Gasteiger partial charge in [-0.15, -0.1) is 12.4 Å². The molecule has 0 fully saturated rings. The minimum Gasteiger partial charge on any atom is -0.481 e. The Hall–Kier alpha value is -0.810. The molecule has 0 unspecified atom stereocenters. The minimum atomic E-state index is -1.11. The van der Waals surface area contributed by atoms with Crippen LogP contribution in [0.25, 0.3) is 0 Å². The number of hydrogen-bond donors (Lipinski definition) is 2. The largest absolute Gasteiger partial charge is 0.481 e. The SMILES string of the molecule is CC(C)(C)OC(=O)[C@@H](N)CC(=O)O.Cl. The summed E-state index contributed by atoms with van der Waals surface area (Å²) in [7, 11) is 0. The van der Waals surface area contributed by atoms with Crippen molar-refractivity contribution in [3.8, 4) is 0 Å². The van der Waals surface area contributed by atoms with Gasteiger partial charge in [0, 0.05) is 0 Å². The maximum atomic E-state index is 11.1. The molecule has 1 atom stereocenters. The van der Waals surface area contributed by atoms with Crippen molar-refractivity contribution < 1.29 is 19.4 Å². The lowest BCUT2D eigenvalue weighted by molar-refractivity contribution is -0.158. The van der Waals surface area contributed by atoms with Crippen molar-refractivity contribution in [3.05, 3.63) is 0 Å². The van der Waals surface area contributed by atoms with Crippen LogP contribution in [0.3, 0.4) is 0 Å². The van der Waals surface area contributed by atoms with E-state index in [1.165, 1.54) is 0 Å². The molecule has 14 heavy (non-hydrogen) atoms. The second kappa shape index (κ2) is 5.82. The number of carboxylic acids is 1. The number of hydrogen-bond acceptors (Lipinski definition) is 4. The molecule has 0 spiro atoms. The van der Waals surface area contributed by atoms with Crippen LogP contribution in [0.4, 0.5) is 0 Å². The van der Waals surface area contributed by atoms with Crippen molar-refractivity contribution >= 4 is 24.3 Å². The summed E-state index contributed by atoms with van der Waals surface area (Å²) in [4.78, 5) is 21.3. The lowest BCUT2D eigenvalue weighted by Gasteiger charge is -2.21. The number of ether oxygens (including phenoxy) is 1. The first kappa shape index (κ1) is 15.7. The first-order valence-corrected chi connectivity index (χ1v) is 3.92. The Morgan fingerprint density at radius 2 is 1.86 bits per heavy atom. The first-order valence-electron chi connectivity index (χ1n) is 3.92. The third kappa shape index (κ3) is 7.82. The molecule has 0 radical (unpaired) electrons. The third-order valence-corrected chi connectivity index (χ3v) is 1.10. The van der Waals surface area contributed by atoms with Crippen LogP contribution in [0.1, 0.15) is 27.2 Å². The number of carbonyl (C=O) groups is 2. The average Bonchev–Trinajstić information content (AvgIpc) is 1.81. The molecule has 0 aliphatic heterocycles. The molecule has 0 aliphatic carbocycles. The fourth-order valence-electron chi connectivity index (χ4n) is 0.649. The fourth-order valence-corrected chi connectivity index (χ4v) is 0.649. The van der Waals surface area contributed by atoms with E-state index in [4.69, 9.17) is 15.6 Å². The Bertz CT molecular complexity index is 212. The Morgan fingerprint density at radius 3 is 2.14 bits per heavy atom. The Balaban J connectivity index is 0. The fraction of sp³-hybridized carbons (Fsp3) is 0.750. The molecule has 0 aromatic carbocycles. The Morgan fingerprint density at radius 1 is 1.43 bits per heavy atom. The van der Waals surface area contributed by atoms with Crippen LogP contribution in [0.2, 0.25) is 0 Å². The molecule has 0 bridgehead atoms. The molecule has 0 saturated carbocycles. The van der Waals surface area contributed by atoms with Gasteiger partial charge in [0.05, 0.1) is 6.42 Å². The van der Waals surface area contributed by atoms with Crippen LogP contribution >= 0.6 is 12.4 Å². The summed E-state index contributed by atoms with van der Waals surface area (Å²) < 4.78 is 4.87. The van der Waals surface area contributed by atoms with E-state index in [2.05, 4.69) is 0 Å². The maximum absolute atomic E-state index is 11.1. The second-order valence-electron chi connectivity index (χ2n) is 3.74. The van der Waals surface area contributed by atoms with E-state index >= 15 is 0 Å². The molecular weight excluding hydrogens is 210 g/mol. The Kier molecular flexibility index (Phi) is 6.51. The van der Waals surface area contributed by atoms with E-state index in [1.807, 2.05) is 0 Å². The number of nitrogens with two attached hydrogens (primary N) is 1. The number of carboxylic acid groups (broad SMARTS) is 1. The molecule has 0 saturated heterocycles. The smallest absolute Gasteiger partial charge is 0.324 e. The van der Waals surface area contributed by atoms with E-state index in [-0.39, 0.29) is 12.4 Å². The summed E-state index contributed by atoms with van der Waals surface area (Å²) in [6, 6.07) is -1.09. The topological polar surface area (TPSA) is 89.6 Å². The van der Waals surface area contributed by atoms with Crippen molar-refractivity contribution in [1.29, 1.82) is 0 Å². The van der Waals surface area contributed by atoms with Crippen LogP contribution in [-0.4, -0.2) is 28.7 Å². The predicted octanol–water partition coefficient (Wildman–Crippen LogP) is 0.552. The van der Waals surface area contributed by atoms with Crippen molar-refractivity contribution in [3.63, 3.8) is 0 Å². The number of aliphatic carboxylic acids is 1. The number of halogens is 1. The van der Waals surface area contributed by atoms with Crippen LogP contribution < -0.4 is 5.73 Å². The Labute approximate surface area is 89.0 Å². The monoisotopic (exact) mass is 225 g/mol. The lowest BCUT2D eigenvalue weighted by Crippen LogP contribution is -2.38. The van der Waals surface area contributed by atoms with Crippen molar-refractivity contribution in [2.45, 2.75) is 38.8 Å². The van der Waals surface area contributed by atoms with Crippen molar-refractivity contribution in [1.82, 2.24) is 0 Å². The van der Waals surface area contributed by atoms with Crippen molar-refractivity contribution in [2.24, 2.45) is 5.73 Å². The van der Waals surface area contributed by atoms with Gasteiger partial charge in [0.1, 0.15) is 11.6 Å². The van der Waals surface area contributed by atoms with Gasteiger partial charge in [-0.05, 0) is 20.8 Å². The summed E-state index contributed by atoms with van der Waals surface area (Å²) in [5.74, 6) is -1.80. The van der Waals surface area contributed by atoms with Gasteiger partial charge in [-0.1, -0.05) is 0 Å². The normalized spacial score (nSPS) is 12.6. The second-order valence-corrected chi connectivity index (χ2v) is 3.74. The van der Waals surface area contributed by atoms with Gasteiger partial charge in [0.15, 0.2) is 0 Å².